The number of ether oxygens (including phenoxy) is 1. The third kappa shape index (κ3) is 3.93. The molecule has 1 aliphatic rings. The van der Waals surface area contributed by atoms with Crippen LogP contribution in [0.5, 0.6) is 0 Å². The molecule has 2 aromatic rings. The van der Waals surface area contributed by atoms with Gasteiger partial charge in [-0.1, -0.05) is 23.2 Å². The van der Waals surface area contributed by atoms with Crippen LogP contribution in [-0.2, 0) is 11.3 Å². The molecular weight excluding hydrogens is 381 g/mol. The number of aromatic nitrogens is 2. The van der Waals surface area contributed by atoms with Gasteiger partial charge < -0.3 is 29.9 Å². The van der Waals surface area contributed by atoms with Gasteiger partial charge in [-0.3, -0.25) is 0 Å². The number of fused-ring (bicyclic) bond motifs is 1. The van der Waals surface area contributed by atoms with Gasteiger partial charge in [-0.2, -0.15) is 0 Å². The predicted molar refractivity (Wildman–Crippen MR) is 101 cm³/mol. The Kier molecular flexibility index (Phi) is 5.96. The van der Waals surface area contributed by atoms with Crippen LogP contribution in [0.4, 0.5) is 5.95 Å². The number of aliphatic hydroxyl groups excluding tert-OH is 3. The first-order valence-electron chi connectivity index (χ1n) is 8.55. The summed E-state index contributed by atoms with van der Waals surface area (Å²) in [5.41, 5.74) is 1.52. The van der Waals surface area contributed by atoms with Gasteiger partial charge >= 0.3 is 0 Å². The van der Waals surface area contributed by atoms with E-state index in [2.05, 4.69) is 10.3 Å². The van der Waals surface area contributed by atoms with Crippen molar-refractivity contribution in [1.29, 1.82) is 0 Å². The third-order valence-electron chi connectivity index (χ3n) is 4.45. The molecule has 144 valence electrons. The molecule has 26 heavy (non-hydrogen) atoms. The minimum Gasteiger partial charge on any atom is -0.388 e. The molecule has 1 aromatic carbocycles. The summed E-state index contributed by atoms with van der Waals surface area (Å²) in [4.78, 5) is 4.58. The Morgan fingerprint density at radius 3 is 2.62 bits per heavy atom. The Morgan fingerprint density at radius 2 is 1.92 bits per heavy atom. The number of hydrogen-bond acceptors (Lipinski definition) is 6. The van der Waals surface area contributed by atoms with Crippen molar-refractivity contribution in [2.24, 2.45) is 0 Å². The Hall–Kier alpha value is -1.09. The molecule has 9 heteroatoms. The van der Waals surface area contributed by atoms with E-state index >= 15 is 0 Å². The van der Waals surface area contributed by atoms with Crippen LogP contribution in [0.1, 0.15) is 20.3 Å². The second kappa shape index (κ2) is 7.88. The Bertz CT molecular complexity index is 783. The van der Waals surface area contributed by atoms with Gasteiger partial charge in [0.05, 0.1) is 33.8 Å². The smallest absolute Gasteiger partial charge is 0.204 e. The number of aliphatic hydroxyl groups is 3. The average molecular weight is 404 g/mol. The van der Waals surface area contributed by atoms with Crippen LogP contribution in [0, 0.1) is 0 Å². The zero-order chi connectivity index (χ0) is 19.0. The standard InChI is InChI=1S/C17H23Cl2N3O4/c1-8(2)20-17-21-11-5-9(18)10(19)6-12(11)22(17)4-3-14-16(25)15(24)13(23)7-26-14/h5-6,8,13-16,23-25H,3-4,7H2,1-2H3,(H,20,21)/t13-,14?,15-,16+/m0/s1. The van der Waals surface area contributed by atoms with Crippen molar-refractivity contribution >= 4 is 40.2 Å². The van der Waals surface area contributed by atoms with E-state index < -0.39 is 24.4 Å². The minimum absolute atomic E-state index is 0.00783. The topological polar surface area (TPSA) is 99.8 Å². The van der Waals surface area contributed by atoms with Crippen molar-refractivity contribution < 1.29 is 20.1 Å². The predicted octanol–water partition coefficient (Wildman–Crippen LogP) is 2.03. The molecule has 0 saturated carbocycles. The number of nitrogens with zero attached hydrogens (tertiary/aromatic N) is 2. The summed E-state index contributed by atoms with van der Waals surface area (Å²) >= 11 is 12.3. The van der Waals surface area contributed by atoms with E-state index in [4.69, 9.17) is 27.9 Å². The number of nitrogens with one attached hydrogen (secondary N) is 1. The van der Waals surface area contributed by atoms with Gasteiger partial charge in [0.2, 0.25) is 5.95 Å². The minimum atomic E-state index is -1.21. The van der Waals surface area contributed by atoms with E-state index in [1.54, 1.807) is 12.1 Å². The van der Waals surface area contributed by atoms with Crippen LogP contribution in [0.25, 0.3) is 11.0 Å². The zero-order valence-electron chi connectivity index (χ0n) is 14.6. The number of aryl methyl sites for hydroxylation is 1. The van der Waals surface area contributed by atoms with E-state index in [0.29, 0.717) is 34.5 Å². The maximum atomic E-state index is 10.1. The molecule has 4 atom stereocenters. The van der Waals surface area contributed by atoms with Gasteiger partial charge in [-0.05, 0) is 32.4 Å². The fourth-order valence-electron chi connectivity index (χ4n) is 3.09. The van der Waals surface area contributed by atoms with Crippen molar-refractivity contribution in [2.75, 3.05) is 11.9 Å². The Morgan fingerprint density at radius 1 is 1.23 bits per heavy atom. The average Bonchev–Trinajstić information content (AvgIpc) is 2.88. The maximum absolute atomic E-state index is 10.1. The molecule has 0 bridgehead atoms. The highest BCUT2D eigenvalue weighted by Crippen LogP contribution is 2.30. The zero-order valence-corrected chi connectivity index (χ0v) is 16.1. The fraction of sp³-hybridized carbons (Fsp3) is 0.588. The van der Waals surface area contributed by atoms with Gasteiger partial charge in [0, 0.05) is 12.6 Å². The first-order valence-corrected chi connectivity index (χ1v) is 9.31. The molecule has 0 spiro atoms. The lowest BCUT2D eigenvalue weighted by Crippen LogP contribution is -2.53. The number of rotatable bonds is 5. The molecule has 3 rings (SSSR count). The van der Waals surface area contributed by atoms with Gasteiger partial charge in [0.25, 0.3) is 0 Å². The van der Waals surface area contributed by atoms with Crippen LogP contribution in [-0.4, -0.2) is 61.9 Å². The molecule has 1 aromatic heterocycles. The first kappa shape index (κ1) is 19.7. The number of halogens is 2. The number of hydrogen-bond donors (Lipinski definition) is 4. The summed E-state index contributed by atoms with van der Waals surface area (Å²) < 4.78 is 7.44. The molecule has 1 aliphatic heterocycles. The summed E-state index contributed by atoms with van der Waals surface area (Å²) in [6.07, 6.45) is -3.58. The van der Waals surface area contributed by atoms with E-state index in [0.717, 1.165) is 5.52 Å². The largest absolute Gasteiger partial charge is 0.388 e. The van der Waals surface area contributed by atoms with Crippen LogP contribution < -0.4 is 5.32 Å². The lowest BCUT2D eigenvalue weighted by atomic mass is 9.98. The van der Waals surface area contributed by atoms with E-state index in [-0.39, 0.29) is 12.6 Å². The van der Waals surface area contributed by atoms with Crippen molar-refractivity contribution in [3.05, 3.63) is 22.2 Å². The molecule has 4 N–H and O–H groups in total. The number of imidazole rings is 1. The highest BCUT2D eigenvalue weighted by molar-refractivity contribution is 6.42. The van der Waals surface area contributed by atoms with Crippen LogP contribution in [0.15, 0.2) is 12.1 Å². The van der Waals surface area contributed by atoms with E-state index in [1.807, 2.05) is 18.4 Å². The summed E-state index contributed by atoms with van der Waals surface area (Å²) in [5.74, 6) is 0.666. The summed E-state index contributed by atoms with van der Waals surface area (Å²) in [6, 6.07) is 3.65. The Labute approximate surface area is 161 Å². The van der Waals surface area contributed by atoms with Gasteiger partial charge in [-0.25, -0.2) is 4.98 Å². The van der Waals surface area contributed by atoms with Crippen molar-refractivity contribution in [2.45, 2.75) is 57.3 Å². The first-order chi connectivity index (χ1) is 12.3. The lowest BCUT2D eigenvalue weighted by molar-refractivity contribution is -0.188. The maximum Gasteiger partial charge on any atom is 0.204 e. The number of anilines is 1. The Balaban J connectivity index is 1.87. The normalized spacial score (nSPS) is 26.6. The summed E-state index contributed by atoms with van der Waals surface area (Å²) in [7, 11) is 0. The quantitative estimate of drug-likeness (QED) is 0.609. The molecule has 0 aliphatic carbocycles. The summed E-state index contributed by atoms with van der Waals surface area (Å²) in [6.45, 7) is 4.49. The molecule has 0 radical (unpaired) electrons. The van der Waals surface area contributed by atoms with Crippen molar-refractivity contribution in [3.63, 3.8) is 0 Å². The monoisotopic (exact) mass is 403 g/mol. The van der Waals surface area contributed by atoms with Crippen molar-refractivity contribution in [3.8, 4) is 0 Å². The van der Waals surface area contributed by atoms with Gasteiger partial charge in [0.15, 0.2) is 0 Å². The highest BCUT2D eigenvalue weighted by Gasteiger charge is 2.37. The summed E-state index contributed by atoms with van der Waals surface area (Å²) in [5, 5.41) is 33.7. The van der Waals surface area contributed by atoms with Crippen LogP contribution in [0.3, 0.4) is 0 Å². The molecule has 1 fully saturated rings. The van der Waals surface area contributed by atoms with E-state index in [1.165, 1.54) is 0 Å². The fourth-order valence-corrected chi connectivity index (χ4v) is 3.41. The third-order valence-corrected chi connectivity index (χ3v) is 5.17. The molecule has 7 nitrogen and oxygen atoms in total. The number of benzene rings is 1. The van der Waals surface area contributed by atoms with E-state index in [9.17, 15) is 15.3 Å². The van der Waals surface area contributed by atoms with Crippen molar-refractivity contribution in [1.82, 2.24) is 9.55 Å². The molecular formula is C17H23Cl2N3O4. The second-order valence-electron chi connectivity index (χ2n) is 6.85. The van der Waals surface area contributed by atoms with Crippen LogP contribution >= 0.6 is 23.2 Å². The SMILES string of the molecule is CC(C)Nc1nc2cc(Cl)c(Cl)cc2n1CCC1OC[C@H](O)[C@H](O)[C@@H]1O. The van der Waals surface area contributed by atoms with Crippen LogP contribution in [0.2, 0.25) is 10.0 Å². The second-order valence-corrected chi connectivity index (χ2v) is 7.66. The molecule has 1 saturated heterocycles. The molecule has 2 heterocycles. The molecule has 0 amide bonds. The molecule has 1 unspecified atom stereocenters. The van der Waals surface area contributed by atoms with Gasteiger partial charge in [0.1, 0.15) is 18.3 Å². The van der Waals surface area contributed by atoms with Gasteiger partial charge in [-0.15, -0.1) is 0 Å². The highest BCUT2D eigenvalue weighted by atomic mass is 35.5. The lowest BCUT2D eigenvalue weighted by Gasteiger charge is -2.35.